The van der Waals surface area contributed by atoms with Gasteiger partial charge in [-0.3, -0.25) is 0 Å². The van der Waals surface area contributed by atoms with Crippen LogP contribution in [-0.2, 0) is 10.0 Å². The van der Waals surface area contributed by atoms with Gasteiger partial charge in [0.2, 0.25) is 10.0 Å². The molecule has 0 heterocycles. The van der Waals surface area contributed by atoms with Crippen LogP contribution >= 0.6 is 0 Å². The molecule has 1 fully saturated rings. The van der Waals surface area contributed by atoms with E-state index in [-0.39, 0.29) is 17.0 Å². The van der Waals surface area contributed by atoms with Gasteiger partial charge in [0.25, 0.3) is 0 Å². The molecule has 1 aromatic carbocycles. The van der Waals surface area contributed by atoms with Crippen LogP contribution in [0.5, 0.6) is 0 Å². The molecule has 19 heavy (non-hydrogen) atoms. The lowest BCUT2D eigenvalue weighted by Crippen LogP contribution is -2.50. The summed E-state index contributed by atoms with van der Waals surface area (Å²) in [7, 11) is -3.57. The third kappa shape index (κ3) is 3.16. The SMILES string of the molecule is CC1(NS(=O)(=O)c2ccccc2C#CCO)CCC1. The smallest absolute Gasteiger partial charge is 0.242 e. The van der Waals surface area contributed by atoms with Crippen molar-refractivity contribution in [2.45, 2.75) is 36.6 Å². The Labute approximate surface area is 113 Å². The molecule has 0 bridgehead atoms. The third-order valence-corrected chi connectivity index (χ3v) is 5.01. The molecule has 2 rings (SSSR count). The molecule has 4 nitrogen and oxygen atoms in total. The van der Waals surface area contributed by atoms with Crippen molar-refractivity contribution >= 4 is 10.0 Å². The van der Waals surface area contributed by atoms with E-state index in [0.717, 1.165) is 19.3 Å². The summed E-state index contributed by atoms with van der Waals surface area (Å²) >= 11 is 0. The molecule has 1 saturated carbocycles. The van der Waals surface area contributed by atoms with Crippen LogP contribution < -0.4 is 4.72 Å². The van der Waals surface area contributed by atoms with Crippen molar-refractivity contribution in [2.75, 3.05) is 6.61 Å². The van der Waals surface area contributed by atoms with Crippen LogP contribution in [0.1, 0.15) is 31.7 Å². The summed E-state index contributed by atoms with van der Waals surface area (Å²) in [6.45, 7) is 1.62. The van der Waals surface area contributed by atoms with E-state index in [1.54, 1.807) is 18.2 Å². The summed E-state index contributed by atoms with van der Waals surface area (Å²) in [6, 6.07) is 6.57. The number of nitrogens with one attached hydrogen (secondary N) is 1. The molecule has 2 N–H and O–H groups in total. The summed E-state index contributed by atoms with van der Waals surface area (Å²) in [4.78, 5) is 0.170. The Morgan fingerprint density at radius 1 is 1.37 bits per heavy atom. The number of rotatable bonds is 3. The van der Waals surface area contributed by atoms with Crippen LogP contribution in [-0.4, -0.2) is 25.7 Å². The lowest BCUT2D eigenvalue weighted by atomic mass is 9.80. The zero-order valence-corrected chi connectivity index (χ0v) is 11.6. The standard InChI is InChI=1S/C14H17NO3S/c1-14(9-5-10-14)15-19(17,18)13-8-3-2-6-12(13)7-4-11-16/h2-3,6,8,15-16H,5,9-11H2,1H3. The second-order valence-electron chi connectivity index (χ2n) is 4.98. The number of hydrogen-bond donors (Lipinski definition) is 2. The quantitative estimate of drug-likeness (QED) is 0.818. The molecule has 0 saturated heterocycles. The average molecular weight is 279 g/mol. The van der Waals surface area contributed by atoms with Crippen molar-refractivity contribution in [3.05, 3.63) is 29.8 Å². The van der Waals surface area contributed by atoms with E-state index in [2.05, 4.69) is 16.6 Å². The van der Waals surface area contributed by atoms with Gasteiger partial charge in [0.05, 0.1) is 4.90 Å². The summed E-state index contributed by atoms with van der Waals surface area (Å²) < 4.78 is 27.5. The fraction of sp³-hybridized carbons (Fsp3) is 0.429. The Morgan fingerprint density at radius 3 is 2.63 bits per heavy atom. The minimum atomic E-state index is -3.57. The normalized spacial score (nSPS) is 17.2. The van der Waals surface area contributed by atoms with Gasteiger partial charge in [0, 0.05) is 11.1 Å². The summed E-state index contributed by atoms with van der Waals surface area (Å²) in [5.41, 5.74) is 0.0723. The highest BCUT2D eigenvalue weighted by Gasteiger charge is 2.36. The maximum absolute atomic E-state index is 12.4. The van der Waals surface area contributed by atoms with Crippen LogP contribution in [0, 0.1) is 11.8 Å². The highest BCUT2D eigenvalue weighted by Crippen LogP contribution is 2.32. The molecule has 0 unspecified atom stereocenters. The van der Waals surface area contributed by atoms with Gasteiger partial charge < -0.3 is 5.11 Å². The average Bonchev–Trinajstić information content (AvgIpc) is 2.34. The molecular formula is C14H17NO3S. The molecule has 102 valence electrons. The summed E-state index contributed by atoms with van der Waals surface area (Å²) in [5, 5.41) is 8.72. The van der Waals surface area contributed by atoms with E-state index < -0.39 is 10.0 Å². The second-order valence-corrected chi connectivity index (χ2v) is 6.63. The van der Waals surface area contributed by atoms with Crippen LogP contribution in [0.2, 0.25) is 0 Å². The second kappa shape index (κ2) is 5.33. The molecule has 1 aromatic rings. The van der Waals surface area contributed by atoms with Crippen molar-refractivity contribution in [1.82, 2.24) is 4.72 Å². The number of benzene rings is 1. The van der Waals surface area contributed by atoms with E-state index in [0.29, 0.717) is 5.56 Å². The van der Waals surface area contributed by atoms with Crippen molar-refractivity contribution in [3.63, 3.8) is 0 Å². The maximum atomic E-state index is 12.4. The zero-order valence-electron chi connectivity index (χ0n) is 10.8. The minimum absolute atomic E-state index is 0.170. The molecule has 0 amide bonds. The largest absolute Gasteiger partial charge is 0.384 e. The first kappa shape index (κ1) is 14.1. The summed E-state index contributed by atoms with van der Waals surface area (Å²) in [6.07, 6.45) is 2.76. The molecule has 0 spiro atoms. The monoisotopic (exact) mass is 279 g/mol. The first-order valence-corrected chi connectivity index (χ1v) is 7.68. The first-order chi connectivity index (χ1) is 8.97. The Balaban J connectivity index is 2.34. The molecule has 0 atom stereocenters. The van der Waals surface area contributed by atoms with Gasteiger partial charge in [-0.15, -0.1) is 0 Å². The molecule has 1 aliphatic rings. The highest BCUT2D eigenvalue weighted by molar-refractivity contribution is 7.89. The first-order valence-electron chi connectivity index (χ1n) is 6.20. The predicted octanol–water partition coefficient (Wildman–Crippen LogP) is 1.25. The number of aliphatic hydroxyl groups is 1. The molecule has 0 aromatic heterocycles. The van der Waals surface area contributed by atoms with Crippen LogP contribution in [0.25, 0.3) is 0 Å². The molecule has 1 aliphatic carbocycles. The number of hydrogen-bond acceptors (Lipinski definition) is 3. The van der Waals surface area contributed by atoms with Gasteiger partial charge in [0.15, 0.2) is 0 Å². The van der Waals surface area contributed by atoms with Crippen LogP contribution in [0.4, 0.5) is 0 Å². The van der Waals surface area contributed by atoms with Crippen molar-refractivity contribution in [1.29, 1.82) is 0 Å². The Kier molecular flexibility index (Phi) is 3.95. The highest BCUT2D eigenvalue weighted by atomic mass is 32.2. The van der Waals surface area contributed by atoms with Crippen LogP contribution in [0.15, 0.2) is 29.2 Å². The fourth-order valence-corrected chi connectivity index (χ4v) is 3.76. The van der Waals surface area contributed by atoms with Crippen molar-refractivity contribution in [3.8, 4) is 11.8 Å². The lowest BCUT2D eigenvalue weighted by Gasteiger charge is -2.38. The topological polar surface area (TPSA) is 66.4 Å². The number of sulfonamides is 1. The van der Waals surface area contributed by atoms with E-state index >= 15 is 0 Å². The molecular weight excluding hydrogens is 262 g/mol. The fourth-order valence-electron chi connectivity index (χ4n) is 2.13. The van der Waals surface area contributed by atoms with Crippen molar-refractivity contribution in [2.24, 2.45) is 0 Å². The molecule has 5 heteroatoms. The zero-order chi connectivity index (χ0) is 13.9. The number of aliphatic hydroxyl groups excluding tert-OH is 1. The van der Waals surface area contributed by atoms with Crippen molar-refractivity contribution < 1.29 is 13.5 Å². The van der Waals surface area contributed by atoms with E-state index in [4.69, 9.17) is 5.11 Å². The van der Waals surface area contributed by atoms with Gasteiger partial charge in [0.1, 0.15) is 6.61 Å². The lowest BCUT2D eigenvalue weighted by molar-refractivity contribution is 0.248. The predicted molar refractivity (Wildman–Crippen MR) is 73.0 cm³/mol. The molecule has 0 aliphatic heterocycles. The van der Waals surface area contributed by atoms with Gasteiger partial charge in [-0.25, -0.2) is 13.1 Å². The van der Waals surface area contributed by atoms with Gasteiger partial charge in [-0.05, 0) is 38.3 Å². The third-order valence-electron chi connectivity index (χ3n) is 3.32. The van der Waals surface area contributed by atoms with E-state index in [1.165, 1.54) is 6.07 Å². The van der Waals surface area contributed by atoms with Gasteiger partial charge in [-0.2, -0.15) is 0 Å². The Bertz CT molecular complexity index is 622. The minimum Gasteiger partial charge on any atom is -0.384 e. The van der Waals surface area contributed by atoms with Crippen LogP contribution in [0.3, 0.4) is 0 Å². The summed E-state index contributed by atoms with van der Waals surface area (Å²) in [5.74, 6) is 5.15. The van der Waals surface area contributed by atoms with Gasteiger partial charge >= 0.3 is 0 Å². The Morgan fingerprint density at radius 2 is 2.05 bits per heavy atom. The van der Waals surface area contributed by atoms with Gasteiger partial charge in [-0.1, -0.05) is 24.0 Å². The van der Waals surface area contributed by atoms with E-state index in [9.17, 15) is 8.42 Å². The molecule has 0 radical (unpaired) electrons. The maximum Gasteiger partial charge on any atom is 0.242 e. The van der Waals surface area contributed by atoms with E-state index in [1.807, 2.05) is 6.92 Å². The Hall–Kier alpha value is -1.35.